The fourth-order valence-electron chi connectivity index (χ4n) is 11.7. The molecule has 9 rings (SSSR count). The van der Waals surface area contributed by atoms with Gasteiger partial charge in [0.1, 0.15) is 29.4 Å². The number of carbonyl (C=O) groups excluding carboxylic acids is 4. The highest BCUT2D eigenvalue weighted by Gasteiger charge is 2.46. The van der Waals surface area contributed by atoms with E-state index in [2.05, 4.69) is 37.1 Å². The minimum atomic E-state index is -0.762. The molecular weight excluding hydrogens is 881 g/mol. The van der Waals surface area contributed by atoms with E-state index in [0.29, 0.717) is 37.3 Å². The average molecular weight is 947 g/mol. The number of likely N-dealkylation sites (tertiary alicyclic amines) is 2. The summed E-state index contributed by atoms with van der Waals surface area (Å²) in [7, 11) is 2.62. The van der Waals surface area contributed by atoms with Gasteiger partial charge in [0.2, 0.25) is 11.8 Å². The molecule has 4 N–H and O–H groups in total. The van der Waals surface area contributed by atoms with Crippen LogP contribution in [0.25, 0.3) is 39.4 Å². The van der Waals surface area contributed by atoms with Gasteiger partial charge >= 0.3 is 12.2 Å². The van der Waals surface area contributed by atoms with Gasteiger partial charge in [0.25, 0.3) is 0 Å². The van der Waals surface area contributed by atoms with Crippen LogP contribution < -0.4 is 10.6 Å². The lowest BCUT2D eigenvalue weighted by molar-refractivity contribution is -0.141. The third-order valence-corrected chi connectivity index (χ3v) is 14.8. The van der Waals surface area contributed by atoms with E-state index in [4.69, 9.17) is 33.9 Å². The molecule has 12 atom stereocenters. The normalized spacial score (nSPS) is 28.1. The molecule has 69 heavy (non-hydrogen) atoms. The zero-order valence-corrected chi connectivity index (χ0v) is 40.8. The highest BCUT2D eigenvalue weighted by Crippen LogP contribution is 2.41. The van der Waals surface area contributed by atoms with E-state index in [0.717, 1.165) is 65.1 Å². The summed E-state index contributed by atoms with van der Waals surface area (Å²) in [6.45, 7) is 12.1. The quantitative estimate of drug-likeness (QED) is 0.101. The van der Waals surface area contributed by atoms with Crippen molar-refractivity contribution in [1.82, 2.24) is 49.8 Å². The zero-order valence-electron chi connectivity index (χ0n) is 40.8. The Morgan fingerprint density at radius 2 is 1.09 bits per heavy atom. The van der Waals surface area contributed by atoms with Crippen LogP contribution in [-0.2, 0) is 28.5 Å². The van der Waals surface area contributed by atoms with Gasteiger partial charge in [-0.3, -0.25) is 14.6 Å². The third kappa shape index (κ3) is 9.69. The van der Waals surface area contributed by atoms with E-state index in [1.54, 1.807) is 6.20 Å². The molecule has 0 aliphatic carbocycles. The summed E-state index contributed by atoms with van der Waals surface area (Å²) in [6.07, 6.45) is 11.7. The highest BCUT2D eigenvalue weighted by atomic mass is 16.5. The van der Waals surface area contributed by atoms with Gasteiger partial charge in [-0.2, -0.15) is 0 Å². The smallest absolute Gasteiger partial charge is 0.407 e. The molecule has 5 aromatic rings. The molecule has 2 unspecified atom stereocenters. The first-order chi connectivity index (χ1) is 33.2. The monoisotopic (exact) mass is 947 g/mol. The number of fused-ring (bicyclic) bond motifs is 1. The van der Waals surface area contributed by atoms with E-state index < -0.39 is 24.3 Å². The Morgan fingerprint density at radius 1 is 0.623 bits per heavy atom. The number of nitrogens with one attached hydrogen (secondary N) is 4. The van der Waals surface area contributed by atoms with Gasteiger partial charge in [0, 0.05) is 23.8 Å². The first-order valence-corrected chi connectivity index (χ1v) is 24.5. The first-order valence-electron chi connectivity index (χ1n) is 24.5. The van der Waals surface area contributed by atoms with Crippen molar-refractivity contribution in [3.05, 3.63) is 72.8 Å². The minimum absolute atomic E-state index is 0.0329. The number of carbonyl (C=O) groups is 4. The lowest BCUT2D eigenvalue weighted by Gasteiger charge is -2.39. The molecule has 1 aromatic carbocycles. The summed E-state index contributed by atoms with van der Waals surface area (Å²) < 4.78 is 24.0. The lowest BCUT2D eigenvalue weighted by atomic mass is 9.85. The Labute approximate surface area is 402 Å². The Morgan fingerprint density at radius 3 is 1.58 bits per heavy atom. The summed E-state index contributed by atoms with van der Waals surface area (Å²) in [5.41, 5.74) is 5.97. The van der Waals surface area contributed by atoms with Crippen molar-refractivity contribution in [2.75, 3.05) is 14.2 Å². The van der Waals surface area contributed by atoms with Crippen LogP contribution in [0.3, 0.4) is 0 Å². The number of ether oxygens (including phenoxy) is 4. The Balaban J connectivity index is 0.917. The van der Waals surface area contributed by atoms with Gasteiger partial charge in [0.15, 0.2) is 0 Å². The fraction of sp³-hybridized carbons (Fsp3) is 0.549. The van der Waals surface area contributed by atoms with Gasteiger partial charge in [0.05, 0.1) is 91.9 Å². The zero-order chi connectivity index (χ0) is 48.7. The molecule has 4 amide bonds. The van der Waals surface area contributed by atoms with Crippen LogP contribution in [0.2, 0.25) is 0 Å². The van der Waals surface area contributed by atoms with Crippen molar-refractivity contribution in [2.24, 2.45) is 11.8 Å². The van der Waals surface area contributed by atoms with Crippen LogP contribution in [0.5, 0.6) is 0 Å². The summed E-state index contributed by atoms with van der Waals surface area (Å²) in [4.78, 5) is 79.6. The number of H-pyrrole nitrogens is 2. The van der Waals surface area contributed by atoms with Gasteiger partial charge in [-0.05, 0) is 122 Å². The molecule has 0 spiro atoms. The van der Waals surface area contributed by atoms with Gasteiger partial charge in [-0.25, -0.2) is 19.6 Å². The topological polar surface area (TPSA) is 210 Å². The molecule has 4 saturated heterocycles. The number of alkyl carbamates (subject to hydrolysis) is 2. The fourth-order valence-corrected chi connectivity index (χ4v) is 11.7. The molecule has 368 valence electrons. The van der Waals surface area contributed by atoms with Gasteiger partial charge in [-0.1, -0.05) is 24.3 Å². The largest absolute Gasteiger partial charge is 0.453 e. The number of amides is 4. The second kappa shape index (κ2) is 20.0. The number of nitrogens with zero attached hydrogens (tertiary/aromatic N) is 6. The SMILES string of the molecule is COC(=O)NC(C(=O)N1[C@@H](C)CC[C@H]1c1ncc(-c2ccc(-c3cnc(-c4cnc([C@@H]5CCC(C)N5C(=O)[C@@H](NC(=O)OC)[C@H]5C[C@@H](C)O[C@@H](C)C5)[nH]4)c4cccn34)cc2)[nH]1)[C@H]1C[C@@H](C)O[C@@H](C)C1. The molecule has 18 nitrogen and oxygen atoms in total. The number of hydrogen-bond acceptors (Lipinski definition) is 11. The number of hydrogen-bond donors (Lipinski definition) is 4. The molecule has 4 aliphatic rings. The summed E-state index contributed by atoms with van der Waals surface area (Å²) >= 11 is 0. The third-order valence-electron chi connectivity index (χ3n) is 14.8. The lowest BCUT2D eigenvalue weighted by Crippen LogP contribution is -2.55. The van der Waals surface area contributed by atoms with Crippen LogP contribution in [-0.4, -0.2) is 126 Å². The number of methoxy groups -OCH3 is 2. The predicted molar refractivity (Wildman–Crippen MR) is 256 cm³/mol. The van der Waals surface area contributed by atoms with Crippen LogP contribution in [0.4, 0.5) is 9.59 Å². The number of rotatable bonds is 11. The van der Waals surface area contributed by atoms with Gasteiger partial charge in [-0.15, -0.1) is 0 Å². The molecule has 4 aliphatic heterocycles. The van der Waals surface area contributed by atoms with E-state index in [-0.39, 0.29) is 72.2 Å². The Kier molecular flexibility index (Phi) is 13.8. The summed E-state index contributed by atoms with van der Waals surface area (Å²) in [5, 5.41) is 5.76. The molecule has 0 saturated carbocycles. The van der Waals surface area contributed by atoms with Crippen LogP contribution in [0, 0.1) is 11.8 Å². The van der Waals surface area contributed by atoms with Crippen LogP contribution in [0.1, 0.15) is 117 Å². The van der Waals surface area contributed by atoms with E-state index in [9.17, 15) is 19.2 Å². The summed E-state index contributed by atoms with van der Waals surface area (Å²) in [6, 6.07) is 10.0. The summed E-state index contributed by atoms with van der Waals surface area (Å²) in [5.74, 6) is 0.881. The Bertz CT molecular complexity index is 2620. The van der Waals surface area contributed by atoms with E-state index >= 15 is 0 Å². The molecule has 18 heteroatoms. The van der Waals surface area contributed by atoms with E-state index in [1.807, 2.05) is 94.2 Å². The standard InChI is InChI=1S/C51H66N10O8/c1-27-11-17-40(60(27)48(62)43(57-50(64)66-7)35-20-29(3)68-30(4)21-35)46-53-24-37(55-46)33-13-15-34(16-14-33)42-26-52-45(39-10-9-19-59(39)42)38-25-54-47(56-38)41-18-12-28(2)61(41)49(63)44(58-51(65)67-8)36-22-31(5)69-32(6)23-36/h9-10,13-16,19,24-32,35-36,40-41,43-44H,11-12,17-18,20-23H2,1-8H3,(H,53,55)(H,54,56)(H,57,64)(H,58,65)/t27-,28?,29-,30+,31-,32+,35+,36+,40-,41-,43?,44-/m0/s1. The van der Waals surface area contributed by atoms with Crippen molar-refractivity contribution in [2.45, 2.75) is 154 Å². The minimum Gasteiger partial charge on any atom is -0.453 e. The van der Waals surface area contributed by atoms with Gasteiger partial charge < -0.3 is 53.7 Å². The van der Waals surface area contributed by atoms with Crippen molar-refractivity contribution in [3.8, 4) is 33.9 Å². The van der Waals surface area contributed by atoms with Crippen molar-refractivity contribution in [1.29, 1.82) is 0 Å². The van der Waals surface area contributed by atoms with Crippen LogP contribution in [0.15, 0.2) is 61.2 Å². The first kappa shape index (κ1) is 47.8. The molecule has 4 aromatic heterocycles. The predicted octanol–water partition coefficient (Wildman–Crippen LogP) is 7.74. The molecule has 4 fully saturated rings. The molecule has 8 heterocycles. The maximum atomic E-state index is 14.5. The molecule has 0 bridgehead atoms. The number of imidazole rings is 2. The molecule has 0 radical (unpaired) electrons. The second-order valence-corrected chi connectivity index (χ2v) is 19.8. The maximum absolute atomic E-state index is 14.5. The Hall–Kier alpha value is -6.27. The van der Waals surface area contributed by atoms with Crippen molar-refractivity contribution >= 4 is 29.5 Å². The van der Waals surface area contributed by atoms with Crippen molar-refractivity contribution in [3.63, 3.8) is 0 Å². The number of aromatic amines is 2. The number of benzene rings is 1. The maximum Gasteiger partial charge on any atom is 0.407 e. The molecular formula is C51H66N10O8. The van der Waals surface area contributed by atoms with Crippen molar-refractivity contribution < 1.29 is 38.1 Å². The highest BCUT2D eigenvalue weighted by molar-refractivity contribution is 5.88. The van der Waals surface area contributed by atoms with E-state index in [1.165, 1.54) is 14.2 Å². The number of aromatic nitrogens is 6. The second-order valence-electron chi connectivity index (χ2n) is 19.8. The average Bonchev–Trinajstić information content (AvgIpc) is 4.20. The van der Waals surface area contributed by atoms with Crippen LogP contribution >= 0.6 is 0 Å².